The molecular formula is C30H35N7O. The number of benzene rings is 2. The Morgan fingerprint density at radius 1 is 1.08 bits per heavy atom. The lowest BCUT2D eigenvalue weighted by Gasteiger charge is -2.24. The first kappa shape index (κ1) is 25.6. The van der Waals surface area contributed by atoms with Crippen LogP contribution in [0.15, 0.2) is 70.9 Å². The summed E-state index contributed by atoms with van der Waals surface area (Å²) in [5, 5.41) is 4.00. The van der Waals surface area contributed by atoms with Crippen molar-refractivity contribution < 1.29 is 4.79 Å². The number of hydrazine groups is 1. The molecule has 196 valence electrons. The molecule has 8 nitrogen and oxygen atoms in total. The zero-order valence-corrected chi connectivity index (χ0v) is 22.2. The van der Waals surface area contributed by atoms with Crippen LogP contribution in [0.25, 0.3) is 22.4 Å². The molecule has 0 saturated heterocycles. The topological polar surface area (TPSA) is 122 Å². The Balaban J connectivity index is 1.47. The molecule has 1 saturated carbocycles. The average molecular weight is 510 g/mol. The molecule has 1 aromatic heterocycles. The SMILES string of the molecule is Cc1ccnc(-c2ccc(/C(N)=N/NN)c(-c3ccc(CN4C(=O)C5(CCCC5)N=C4C(C)C)cc3)c2)c1. The van der Waals surface area contributed by atoms with Crippen molar-refractivity contribution in [2.75, 3.05) is 0 Å². The van der Waals surface area contributed by atoms with Gasteiger partial charge in [0.25, 0.3) is 5.91 Å². The highest BCUT2D eigenvalue weighted by atomic mass is 16.2. The number of nitrogens with one attached hydrogen (secondary N) is 1. The summed E-state index contributed by atoms with van der Waals surface area (Å²) in [4.78, 5) is 24.9. The predicted octanol–water partition coefficient (Wildman–Crippen LogP) is 4.52. The number of hydrogen-bond donors (Lipinski definition) is 3. The molecule has 1 aliphatic heterocycles. The monoisotopic (exact) mass is 509 g/mol. The molecule has 0 atom stereocenters. The molecule has 1 spiro atoms. The zero-order chi connectivity index (χ0) is 26.9. The molecule has 3 aromatic rings. The van der Waals surface area contributed by atoms with Crippen molar-refractivity contribution in [3.63, 3.8) is 0 Å². The number of hydrogen-bond acceptors (Lipinski definition) is 6. The Hall–Kier alpha value is -4.04. The molecule has 38 heavy (non-hydrogen) atoms. The number of hydrazone groups is 1. The van der Waals surface area contributed by atoms with Crippen molar-refractivity contribution in [3.05, 3.63) is 77.5 Å². The van der Waals surface area contributed by atoms with Crippen molar-refractivity contribution >= 4 is 17.6 Å². The molecule has 1 amide bonds. The Labute approximate surface area is 223 Å². The number of nitrogens with zero attached hydrogens (tertiary/aromatic N) is 4. The number of rotatable bonds is 7. The van der Waals surface area contributed by atoms with Crippen molar-refractivity contribution in [1.29, 1.82) is 0 Å². The van der Waals surface area contributed by atoms with E-state index in [0.717, 1.165) is 70.6 Å². The molecule has 1 aliphatic carbocycles. The van der Waals surface area contributed by atoms with E-state index in [9.17, 15) is 4.79 Å². The van der Waals surface area contributed by atoms with Gasteiger partial charge < -0.3 is 5.73 Å². The molecule has 5 rings (SSSR count). The predicted molar refractivity (Wildman–Crippen MR) is 152 cm³/mol. The van der Waals surface area contributed by atoms with Crippen molar-refractivity contribution in [3.8, 4) is 22.4 Å². The lowest BCUT2D eigenvalue weighted by atomic mass is 9.94. The van der Waals surface area contributed by atoms with E-state index in [1.165, 1.54) is 0 Å². The first-order chi connectivity index (χ1) is 18.3. The van der Waals surface area contributed by atoms with Gasteiger partial charge in [-0.25, -0.2) is 11.4 Å². The van der Waals surface area contributed by atoms with Crippen LogP contribution in [0.1, 0.15) is 56.2 Å². The van der Waals surface area contributed by atoms with Crippen LogP contribution in [0, 0.1) is 12.8 Å². The van der Waals surface area contributed by atoms with Gasteiger partial charge >= 0.3 is 0 Å². The molecule has 2 aromatic carbocycles. The molecular weight excluding hydrogens is 474 g/mol. The summed E-state index contributed by atoms with van der Waals surface area (Å²) in [6.45, 7) is 6.77. The number of carbonyl (C=O) groups excluding carboxylic acids is 1. The molecule has 1 fully saturated rings. The van der Waals surface area contributed by atoms with Gasteiger partial charge in [-0.1, -0.05) is 57.0 Å². The van der Waals surface area contributed by atoms with Gasteiger partial charge in [-0.2, -0.15) is 0 Å². The van der Waals surface area contributed by atoms with E-state index in [2.05, 4.69) is 65.9 Å². The van der Waals surface area contributed by atoms with E-state index in [0.29, 0.717) is 6.54 Å². The Morgan fingerprint density at radius 3 is 2.45 bits per heavy atom. The second-order valence-corrected chi connectivity index (χ2v) is 10.6. The van der Waals surface area contributed by atoms with Crippen LogP contribution in [0.2, 0.25) is 0 Å². The quantitative estimate of drug-likeness (QED) is 0.187. The third-order valence-corrected chi connectivity index (χ3v) is 7.49. The smallest absolute Gasteiger partial charge is 0.256 e. The van der Waals surface area contributed by atoms with Crippen molar-refractivity contribution in [2.45, 2.75) is 58.5 Å². The van der Waals surface area contributed by atoms with Crippen molar-refractivity contribution in [1.82, 2.24) is 15.4 Å². The first-order valence-electron chi connectivity index (χ1n) is 13.2. The van der Waals surface area contributed by atoms with Gasteiger partial charge in [0, 0.05) is 23.2 Å². The van der Waals surface area contributed by atoms with Crippen LogP contribution in [0.3, 0.4) is 0 Å². The van der Waals surface area contributed by atoms with Crippen LogP contribution in [-0.4, -0.2) is 33.0 Å². The lowest BCUT2D eigenvalue weighted by molar-refractivity contribution is -0.131. The Morgan fingerprint density at radius 2 is 1.79 bits per heavy atom. The number of pyridine rings is 1. The fourth-order valence-electron chi connectivity index (χ4n) is 5.52. The minimum absolute atomic E-state index is 0.154. The van der Waals surface area contributed by atoms with Crippen LogP contribution in [-0.2, 0) is 11.3 Å². The van der Waals surface area contributed by atoms with Gasteiger partial charge in [0.15, 0.2) is 5.84 Å². The highest BCUT2D eigenvalue weighted by Crippen LogP contribution is 2.40. The average Bonchev–Trinajstić information content (AvgIpc) is 3.50. The largest absolute Gasteiger partial charge is 0.382 e. The van der Waals surface area contributed by atoms with Crippen LogP contribution in [0.4, 0.5) is 0 Å². The van der Waals surface area contributed by atoms with E-state index in [-0.39, 0.29) is 17.7 Å². The molecule has 8 heteroatoms. The van der Waals surface area contributed by atoms with Gasteiger partial charge in [-0.3, -0.25) is 19.7 Å². The third kappa shape index (κ3) is 4.79. The summed E-state index contributed by atoms with van der Waals surface area (Å²) < 4.78 is 0. The fraction of sp³-hybridized carbons (Fsp3) is 0.333. The molecule has 0 bridgehead atoms. The zero-order valence-electron chi connectivity index (χ0n) is 22.2. The number of aromatic nitrogens is 1. The fourth-order valence-corrected chi connectivity index (χ4v) is 5.52. The number of carbonyl (C=O) groups is 1. The maximum Gasteiger partial charge on any atom is 0.256 e. The van der Waals surface area contributed by atoms with Crippen LogP contribution >= 0.6 is 0 Å². The summed E-state index contributed by atoms with van der Waals surface area (Å²) >= 11 is 0. The van der Waals surface area contributed by atoms with E-state index < -0.39 is 5.54 Å². The number of amides is 1. The molecule has 0 radical (unpaired) electrons. The van der Waals surface area contributed by atoms with E-state index in [1.54, 1.807) is 0 Å². The molecule has 5 N–H and O–H groups in total. The lowest BCUT2D eigenvalue weighted by Crippen LogP contribution is -2.41. The van der Waals surface area contributed by atoms with Gasteiger partial charge in [0.05, 0.1) is 12.2 Å². The normalized spacial score (nSPS) is 17.0. The van der Waals surface area contributed by atoms with Gasteiger partial charge in [-0.15, -0.1) is 5.10 Å². The Kier molecular flexibility index (Phi) is 6.99. The van der Waals surface area contributed by atoms with Gasteiger partial charge in [0.1, 0.15) is 11.4 Å². The number of nitrogens with two attached hydrogens (primary N) is 2. The third-order valence-electron chi connectivity index (χ3n) is 7.49. The maximum atomic E-state index is 13.5. The highest BCUT2D eigenvalue weighted by molar-refractivity contribution is 6.09. The summed E-state index contributed by atoms with van der Waals surface area (Å²) in [5.41, 5.74) is 14.7. The molecule has 0 unspecified atom stereocenters. The second kappa shape index (κ2) is 10.4. The molecule has 2 heterocycles. The summed E-state index contributed by atoms with van der Waals surface area (Å²) in [6, 6.07) is 18.3. The summed E-state index contributed by atoms with van der Waals surface area (Å²) in [7, 11) is 0. The van der Waals surface area contributed by atoms with E-state index in [1.807, 2.05) is 36.2 Å². The molecule has 2 aliphatic rings. The summed E-state index contributed by atoms with van der Waals surface area (Å²) in [5.74, 6) is 6.95. The number of amidine groups is 2. The summed E-state index contributed by atoms with van der Waals surface area (Å²) in [6.07, 6.45) is 5.65. The standard InChI is InChI=1S/C30H35N7O/c1-19(2)28-34-30(13-4-5-14-30)29(38)37(28)18-21-6-8-22(9-7-21)25-17-23(26-16-20(3)12-15-33-26)10-11-24(25)27(31)35-36-32/h6-12,15-17,19,36H,4-5,13-14,18,32H2,1-3H3,(H2,31,35). The maximum absolute atomic E-state index is 13.5. The van der Waals surface area contributed by atoms with Crippen LogP contribution in [0.5, 0.6) is 0 Å². The minimum atomic E-state index is -0.535. The van der Waals surface area contributed by atoms with E-state index >= 15 is 0 Å². The van der Waals surface area contributed by atoms with Crippen LogP contribution < -0.4 is 17.1 Å². The van der Waals surface area contributed by atoms with Crippen molar-refractivity contribution in [2.24, 2.45) is 27.6 Å². The number of aryl methyl sites for hydroxylation is 1. The number of aliphatic imine (C=N–C) groups is 1. The van der Waals surface area contributed by atoms with Gasteiger partial charge in [-0.05, 0) is 66.3 Å². The highest BCUT2D eigenvalue weighted by Gasteiger charge is 2.49. The van der Waals surface area contributed by atoms with E-state index in [4.69, 9.17) is 16.6 Å². The second-order valence-electron chi connectivity index (χ2n) is 10.6. The minimum Gasteiger partial charge on any atom is -0.382 e. The van der Waals surface area contributed by atoms with Gasteiger partial charge in [0.2, 0.25) is 0 Å². The Bertz CT molecular complexity index is 1400. The first-order valence-corrected chi connectivity index (χ1v) is 13.2.